The van der Waals surface area contributed by atoms with Crippen LogP contribution in [0.5, 0.6) is 0 Å². The molecule has 0 heterocycles. The zero-order valence-corrected chi connectivity index (χ0v) is 15.4. The normalized spacial score (nSPS) is 10.9. The van der Waals surface area contributed by atoms with Crippen LogP contribution in [0.25, 0.3) is 6.08 Å². The highest BCUT2D eigenvalue weighted by atomic mass is 79.9. The van der Waals surface area contributed by atoms with Crippen molar-refractivity contribution in [1.29, 1.82) is 0 Å². The smallest absolute Gasteiger partial charge is 0.330 e. The monoisotopic (exact) mass is 416 g/mol. The molecular weight excluding hydrogens is 407 g/mol. The number of hydrogen-bond acceptors (Lipinski definition) is 3. The van der Waals surface area contributed by atoms with Crippen LogP contribution in [0.3, 0.4) is 0 Å². The molecule has 0 saturated heterocycles. The van der Waals surface area contributed by atoms with Crippen molar-refractivity contribution in [1.82, 2.24) is 0 Å². The molecule has 0 atom stereocenters. The fourth-order valence-corrected chi connectivity index (χ4v) is 3.67. The van der Waals surface area contributed by atoms with Crippen molar-refractivity contribution in [2.24, 2.45) is 0 Å². The van der Waals surface area contributed by atoms with Gasteiger partial charge in [0.1, 0.15) is 0 Å². The Morgan fingerprint density at radius 3 is 2.68 bits per heavy atom. The van der Waals surface area contributed by atoms with Crippen molar-refractivity contribution in [3.8, 4) is 0 Å². The number of carbonyl (C=O) groups excluding carboxylic acids is 1. The van der Waals surface area contributed by atoms with Crippen molar-refractivity contribution >= 4 is 62.9 Å². The largest absolute Gasteiger partial charge is 0.466 e. The third kappa shape index (κ3) is 4.53. The van der Waals surface area contributed by atoms with E-state index < -0.39 is 5.97 Å². The third-order valence-electron chi connectivity index (χ3n) is 2.70. The number of benzene rings is 2. The first kappa shape index (κ1) is 17.4. The molecule has 0 aliphatic heterocycles. The zero-order chi connectivity index (χ0) is 16.1. The maximum absolute atomic E-state index is 11.1. The molecule has 2 aromatic carbocycles. The van der Waals surface area contributed by atoms with Gasteiger partial charge in [0, 0.05) is 20.3 Å². The Morgan fingerprint density at radius 1 is 1.23 bits per heavy atom. The highest BCUT2D eigenvalue weighted by Gasteiger charge is 2.10. The van der Waals surface area contributed by atoms with Crippen molar-refractivity contribution in [3.63, 3.8) is 0 Å². The number of methoxy groups -OCH3 is 1. The molecule has 2 aromatic rings. The summed E-state index contributed by atoms with van der Waals surface area (Å²) in [6, 6.07) is 11.6. The van der Waals surface area contributed by atoms with Gasteiger partial charge in [-0.25, -0.2) is 4.79 Å². The molecule has 114 valence electrons. The van der Waals surface area contributed by atoms with E-state index in [0.717, 1.165) is 14.3 Å². The molecule has 0 unspecified atom stereocenters. The van der Waals surface area contributed by atoms with Crippen LogP contribution in [0.2, 0.25) is 10.0 Å². The topological polar surface area (TPSA) is 26.3 Å². The van der Waals surface area contributed by atoms with Crippen LogP contribution < -0.4 is 0 Å². The Bertz CT molecular complexity index is 732. The minimum atomic E-state index is -0.445. The Hall–Kier alpha value is -0.940. The molecule has 0 bridgehead atoms. The summed E-state index contributed by atoms with van der Waals surface area (Å²) in [7, 11) is 1.32. The lowest BCUT2D eigenvalue weighted by atomic mass is 10.2. The molecular formula is C16H11BrCl2O2S. The minimum Gasteiger partial charge on any atom is -0.466 e. The van der Waals surface area contributed by atoms with Gasteiger partial charge in [-0.3, -0.25) is 0 Å². The van der Waals surface area contributed by atoms with Gasteiger partial charge in [0.25, 0.3) is 0 Å². The molecule has 0 N–H and O–H groups in total. The van der Waals surface area contributed by atoms with Gasteiger partial charge in [-0.05, 0) is 35.9 Å². The van der Waals surface area contributed by atoms with Gasteiger partial charge in [0.2, 0.25) is 0 Å². The van der Waals surface area contributed by atoms with Crippen molar-refractivity contribution in [3.05, 3.63) is 62.6 Å². The van der Waals surface area contributed by atoms with E-state index in [4.69, 9.17) is 23.2 Å². The molecule has 0 aliphatic carbocycles. The summed E-state index contributed by atoms with van der Waals surface area (Å²) in [6.45, 7) is 0. The van der Waals surface area contributed by atoms with Gasteiger partial charge in [-0.15, -0.1) is 0 Å². The lowest BCUT2D eigenvalue weighted by molar-refractivity contribution is -0.134. The van der Waals surface area contributed by atoms with Gasteiger partial charge in [0.05, 0.1) is 17.2 Å². The van der Waals surface area contributed by atoms with Crippen molar-refractivity contribution in [2.75, 3.05) is 7.11 Å². The molecule has 0 saturated carbocycles. The summed E-state index contributed by atoms with van der Waals surface area (Å²) >= 11 is 17.5. The molecule has 0 aromatic heterocycles. The fraction of sp³-hybridized carbons (Fsp3) is 0.0625. The quantitative estimate of drug-likeness (QED) is 0.444. The SMILES string of the molecule is COC(=O)C=Cc1ccc(Sc2cccc(Br)c2)c(Cl)c1Cl. The predicted molar refractivity (Wildman–Crippen MR) is 95.8 cm³/mol. The number of hydrogen-bond donors (Lipinski definition) is 0. The minimum absolute atomic E-state index is 0.404. The molecule has 0 amide bonds. The molecule has 0 radical (unpaired) electrons. The summed E-state index contributed by atoms with van der Waals surface area (Å²) < 4.78 is 5.54. The predicted octanol–water partition coefficient (Wildman–Crippen LogP) is 6.09. The molecule has 0 aliphatic rings. The van der Waals surface area contributed by atoms with Crippen molar-refractivity contribution in [2.45, 2.75) is 9.79 Å². The van der Waals surface area contributed by atoms with E-state index >= 15 is 0 Å². The summed E-state index contributed by atoms with van der Waals surface area (Å²) in [4.78, 5) is 13.0. The second-order valence-electron chi connectivity index (χ2n) is 4.20. The van der Waals surface area contributed by atoms with Crippen LogP contribution in [0.1, 0.15) is 5.56 Å². The van der Waals surface area contributed by atoms with Crippen LogP contribution in [-0.4, -0.2) is 13.1 Å². The van der Waals surface area contributed by atoms with Crippen LogP contribution in [0, 0.1) is 0 Å². The Balaban J connectivity index is 2.27. The Kier molecular flexibility index (Phi) is 6.38. The van der Waals surface area contributed by atoms with Gasteiger partial charge < -0.3 is 4.74 Å². The van der Waals surface area contributed by atoms with E-state index in [-0.39, 0.29) is 0 Å². The first-order chi connectivity index (χ1) is 10.5. The van der Waals surface area contributed by atoms with E-state index in [0.29, 0.717) is 15.6 Å². The van der Waals surface area contributed by atoms with E-state index in [1.807, 2.05) is 36.4 Å². The third-order valence-corrected chi connectivity index (χ3v) is 5.25. The molecule has 22 heavy (non-hydrogen) atoms. The first-order valence-corrected chi connectivity index (χ1v) is 8.55. The van der Waals surface area contributed by atoms with E-state index in [2.05, 4.69) is 20.7 Å². The Morgan fingerprint density at radius 2 is 2.00 bits per heavy atom. The molecule has 0 fully saturated rings. The van der Waals surface area contributed by atoms with E-state index in [1.54, 1.807) is 6.08 Å². The average molecular weight is 418 g/mol. The number of rotatable bonds is 4. The second-order valence-corrected chi connectivity index (χ2v) is 6.98. The summed E-state index contributed by atoms with van der Waals surface area (Å²) in [6.07, 6.45) is 2.88. The van der Waals surface area contributed by atoms with E-state index in [9.17, 15) is 4.79 Å². The lowest BCUT2D eigenvalue weighted by Crippen LogP contribution is -1.93. The van der Waals surface area contributed by atoms with Crippen LogP contribution in [0.15, 0.2) is 56.7 Å². The standard InChI is InChI=1S/C16H11BrCl2O2S/c1-21-14(20)8-6-10-5-7-13(16(19)15(10)18)22-12-4-2-3-11(17)9-12/h2-9H,1H3. The summed E-state index contributed by atoms with van der Waals surface area (Å²) in [5.74, 6) is -0.445. The van der Waals surface area contributed by atoms with Crippen molar-refractivity contribution < 1.29 is 9.53 Å². The number of ether oxygens (including phenoxy) is 1. The molecule has 2 nitrogen and oxygen atoms in total. The van der Waals surface area contributed by atoms with Crippen LogP contribution in [0.4, 0.5) is 0 Å². The Labute approximate surface area is 151 Å². The highest BCUT2D eigenvalue weighted by Crippen LogP contribution is 2.39. The van der Waals surface area contributed by atoms with Gasteiger partial charge >= 0.3 is 5.97 Å². The lowest BCUT2D eigenvalue weighted by Gasteiger charge is -2.08. The van der Waals surface area contributed by atoms with E-state index in [1.165, 1.54) is 24.9 Å². The summed E-state index contributed by atoms with van der Waals surface area (Å²) in [5.41, 5.74) is 0.663. The summed E-state index contributed by atoms with van der Waals surface area (Å²) in [5, 5.41) is 0.862. The van der Waals surface area contributed by atoms with Gasteiger partial charge in [-0.2, -0.15) is 0 Å². The number of carbonyl (C=O) groups is 1. The number of halogens is 3. The van der Waals surface area contributed by atoms with Gasteiger partial charge in [0.15, 0.2) is 0 Å². The molecule has 6 heteroatoms. The van der Waals surface area contributed by atoms with Crippen LogP contribution >= 0.6 is 50.9 Å². The molecule has 2 rings (SSSR count). The fourth-order valence-electron chi connectivity index (χ4n) is 1.64. The molecule has 0 spiro atoms. The zero-order valence-electron chi connectivity index (χ0n) is 11.5. The first-order valence-electron chi connectivity index (χ1n) is 6.18. The number of esters is 1. The van der Waals surface area contributed by atoms with Crippen LogP contribution in [-0.2, 0) is 9.53 Å². The van der Waals surface area contributed by atoms with Gasteiger partial charge in [-0.1, -0.05) is 63.0 Å². The maximum Gasteiger partial charge on any atom is 0.330 e. The maximum atomic E-state index is 11.1. The second kappa shape index (κ2) is 8.06. The average Bonchev–Trinajstić information content (AvgIpc) is 2.51. The highest BCUT2D eigenvalue weighted by molar-refractivity contribution is 9.10.